The molecule has 0 bridgehead atoms. The number of carbonyl (C=O) groups excluding carboxylic acids is 1. The third kappa shape index (κ3) is 3.66. The fourth-order valence-corrected chi connectivity index (χ4v) is 3.63. The van der Waals surface area contributed by atoms with Gasteiger partial charge in [0.25, 0.3) is 5.79 Å². The van der Waals surface area contributed by atoms with Crippen molar-refractivity contribution >= 4 is 5.97 Å². The van der Waals surface area contributed by atoms with Gasteiger partial charge >= 0.3 is 5.97 Å². The summed E-state index contributed by atoms with van der Waals surface area (Å²) in [5.41, 5.74) is 1.47. The fraction of sp³-hybridized carbons (Fsp3) is 0.261. The van der Waals surface area contributed by atoms with Crippen LogP contribution in [0, 0.1) is 0 Å². The predicted molar refractivity (Wildman–Crippen MR) is 108 cm³/mol. The highest BCUT2D eigenvalue weighted by Gasteiger charge is 2.50. The average Bonchev–Trinajstić information content (AvgIpc) is 3.40. The molecule has 0 radical (unpaired) electrons. The molecule has 2 heterocycles. The topological polar surface area (TPSA) is 92.7 Å². The maximum absolute atomic E-state index is 12.9. The molecule has 0 aliphatic carbocycles. The molecular weight excluding hydrogens is 404 g/mol. The van der Waals surface area contributed by atoms with Crippen molar-refractivity contribution in [1.82, 2.24) is 0 Å². The van der Waals surface area contributed by atoms with E-state index in [-0.39, 0.29) is 24.5 Å². The van der Waals surface area contributed by atoms with E-state index in [0.29, 0.717) is 33.9 Å². The van der Waals surface area contributed by atoms with Crippen LogP contribution in [0.3, 0.4) is 0 Å². The van der Waals surface area contributed by atoms with E-state index in [9.17, 15) is 9.90 Å². The van der Waals surface area contributed by atoms with Crippen molar-refractivity contribution in [3.05, 3.63) is 76.8 Å². The summed E-state index contributed by atoms with van der Waals surface area (Å²) in [4.78, 5) is 12.9. The van der Waals surface area contributed by atoms with Gasteiger partial charge in [-0.2, -0.15) is 0 Å². The first kappa shape index (κ1) is 20.6. The van der Waals surface area contributed by atoms with E-state index in [1.165, 1.54) is 6.26 Å². The van der Waals surface area contributed by atoms with Crippen LogP contribution in [0.2, 0.25) is 0 Å². The van der Waals surface area contributed by atoms with Crippen molar-refractivity contribution in [3.63, 3.8) is 0 Å². The lowest BCUT2D eigenvalue weighted by molar-refractivity contribution is -0.186. The molecular formula is C23H22O8. The van der Waals surface area contributed by atoms with Crippen LogP contribution in [0.5, 0.6) is 17.2 Å². The first-order chi connectivity index (χ1) is 15.0. The molecule has 2 aromatic carbocycles. The van der Waals surface area contributed by atoms with Crippen molar-refractivity contribution in [3.8, 4) is 17.2 Å². The molecule has 1 unspecified atom stereocenters. The summed E-state index contributed by atoms with van der Waals surface area (Å²) in [6, 6.07) is 11.9. The lowest BCUT2D eigenvalue weighted by atomic mass is 9.89. The van der Waals surface area contributed by atoms with Crippen LogP contribution >= 0.6 is 0 Å². The minimum absolute atomic E-state index is 0.0250. The first-order valence-electron chi connectivity index (χ1n) is 9.50. The third-order valence-corrected chi connectivity index (χ3v) is 5.21. The zero-order chi connectivity index (χ0) is 22.0. The number of hydrogen-bond donors (Lipinski definition) is 1. The van der Waals surface area contributed by atoms with E-state index in [2.05, 4.69) is 0 Å². The van der Waals surface area contributed by atoms with Crippen LogP contribution in [-0.2, 0) is 31.2 Å². The smallest absolute Gasteiger partial charge is 0.345 e. The summed E-state index contributed by atoms with van der Waals surface area (Å²) in [5.74, 6) is -0.748. The van der Waals surface area contributed by atoms with Crippen LogP contribution in [0.15, 0.2) is 65.6 Å². The highest BCUT2D eigenvalue weighted by molar-refractivity contribution is 5.97. The molecule has 0 aromatic heterocycles. The largest absolute Gasteiger partial charge is 0.497 e. The molecule has 0 fully saturated rings. The van der Waals surface area contributed by atoms with Crippen molar-refractivity contribution < 1.29 is 38.3 Å². The molecule has 8 heteroatoms. The number of carbonyl (C=O) groups is 1. The van der Waals surface area contributed by atoms with E-state index in [0.717, 1.165) is 0 Å². The van der Waals surface area contributed by atoms with Crippen molar-refractivity contribution in [2.45, 2.75) is 12.2 Å². The molecule has 2 aromatic rings. The van der Waals surface area contributed by atoms with Crippen LogP contribution in [0.25, 0.3) is 0 Å². The second-order valence-electron chi connectivity index (χ2n) is 6.88. The molecule has 4 rings (SSSR count). The summed E-state index contributed by atoms with van der Waals surface area (Å²) in [7, 11) is 4.64. The number of aliphatic hydroxyl groups is 1. The predicted octanol–water partition coefficient (Wildman–Crippen LogP) is 2.80. The minimum atomic E-state index is -2.01. The van der Waals surface area contributed by atoms with Gasteiger partial charge in [0, 0.05) is 23.1 Å². The maximum atomic E-state index is 12.9. The van der Waals surface area contributed by atoms with Crippen LogP contribution < -0.4 is 14.2 Å². The van der Waals surface area contributed by atoms with Gasteiger partial charge in [-0.05, 0) is 42.5 Å². The lowest BCUT2D eigenvalue weighted by Crippen LogP contribution is -2.29. The molecule has 1 N–H and O–H groups in total. The van der Waals surface area contributed by atoms with Crippen molar-refractivity contribution in [2.24, 2.45) is 0 Å². The van der Waals surface area contributed by atoms with Gasteiger partial charge in [-0.25, -0.2) is 4.79 Å². The second-order valence-corrected chi connectivity index (χ2v) is 6.88. The van der Waals surface area contributed by atoms with E-state index < -0.39 is 11.8 Å². The van der Waals surface area contributed by atoms with E-state index in [1.54, 1.807) is 63.8 Å². The zero-order valence-corrected chi connectivity index (χ0v) is 17.3. The molecule has 0 spiro atoms. The molecule has 0 saturated carbocycles. The fourth-order valence-electron chi connectivity index (χ4n) is 3.63. The normalized spacial score (nSPS) is 20.0. The van der Waals surface area contributed by atoms with E-state index in [4.69, 9.17) is 28.4 Å². The Kier molecular flexibility index (Phi) is 5.48. The van der Waals surface area contributed by atoms with Crippen LogP contribution in [0.4, 0.5) is 0 Å². The summed E-state index contributed by atoms with van der Waals surface area (Å²) >= 11 is 0. The molecule has 1 atom stereocenters. The Morgan fingerprint density at radius 3 is 2.32 bits per heavy atom. The summed E-state index contributed by atoms with van der Waals surface area (Å²) in [5, 5.41) is 11.6. The van der Waals surface area contributed by atoms with Gasteiger partial charge in [-0.3, -0.25) is 0 Å². The molecule has 2 aliphatic heterocycles. The Morgan fingerprint density at radius 2 is 1.71 bits per heavy atom. The van der Waals surface area contributed by atoms with Gasteiger partial charge in [-0.1, -0.05) is 0 Å². The number of methoxy groups -OCH3 is 3. The Balaban J connectivity index is 1.86. The summed E-state index contributed by atoms with van der Waals surface area (Å²) < 4.78 is 32.1. The van der Waals surface area contributed by atoms with Gasteiger partial charge in [0.05, 0.1) is 21.3 Å². The van der Waals surface area contributed by atoms with Crippen LogP contribution in [-0.4, -0.2) is 39.2 Å². The monoisotopic (exact) mass is 426 g/mol. The molecule has 162 valence electrons. The summed E-state index contributed by atoms with van der Waals surface area (Å²) in [6.07, 6.45) is 1.46. The molecule has 31 heavy (non-hydrogen) atoms. The lowest BCUT2D eigenvalue weighted by Gasteiger charge is -2.26. The van der Waals surface area contributed by atoms with Crippen molar-refractivity contribution in [2.75, 3.05) is 28.1 Å². The molecule has 2 aliphatic rings. The summed E-state index contributed by atoms with van der Waals surface area (Å²) in [6.45, 7) is -0.0250. The highest BCUT2D eigenvalue weighted by Crippen LogP contribution is 2.45. The van der Waals surface area contributed by atoms with E-state index >= 15 is 0 Å². The SMILES string of the molecule is COc1ccc(C2(O)OC(=O)C(C3=COCO3)=C2Cc2cc(OC)ccc2OC)cc1. The Labute approximate surface area is 179 Å². The van der Waals surface area contributed by atoms with E-state index in [1.807, 2.05) is 0 Å². The van der Waals surface area contributed by atoms with Crippen molar-refractivity contribution in [1.29, 1.82) is 0 Å². The minimum Gasteiger partial charge on any atom is -0.497 e. The third-order valence-electron chi connectivity index (χ3n) is 5.21. The number of esters is 1. The van der Waals surface area contributed by atoms with Gasteiger partial charge in [0.2, 0.25) is 6.79 Å². The number of cyclic esters (lactones) is 1. The van der Waals surface area contributed by atoms with Gasteiger partial charge in [-0.15, -0.1) is 0 Å². The standard InChI is InChI=1S/C23H22O8/c1-26-16-6-4-15(5-7-16)23(25)18(21(22(24)31-23)20-12-29-13-30-20)11-14-10-17(27-2)8-9-19(14)28-3/h4-10,12,25H,11,13H2,1-3H3. The first-order valence-corrected chi connectivity index (χ1v) is 9.50. The Bertz CT molecular complexity index is 1050. The van der Waals surface area contributed by atoms with Gasteiger partial charge in [0.1, 0.15) is 29.1 Å². The number of benzene rings is 2. The average molecular weight is 426 g/mol. The molecule has 0 saturated heterocycles. The second kappa shape index (κ2) is 8.23. The highest BCUT2D eigenvalue weighted by atomic mass is 16.7. The van der Waals surface area contributed by atoms with Gasteiger partial charge in [0.15, 0.2) is 5.76 Å². The molecule has 8 nitrogen and oxygen atoms in total. The number of ether oxygens (including phenoxy) is 6. The zero-order valence-electron chi connectivity index (χ0n) is 17.3. The number of rotatable bonds is 7. The quantitative estimate of drug-likeness (QED) is 0.676. The van der Waals surface area contributed by atoms with Crippen LogP contribution in [0.1, 0.15) is 11.1 Å². The Morgan fingerprint density at radius 1 is 1.00 bits per heavy atom. The maximum Gasteiger partial charge on any atom is 0.345 e. The molecule has 0 amide bonds. The van der Waals surface area contributed by atoms with Gasteiger partial charge < -0.3 is 33.5 Å². The number of hydrogen-bond acceptors (Lipinski definition) is 8. The Hall–Kier alpha value is -3.65.